The molecule has 2 aromatic rings. The molecule has 3 unspecified atom stereocenters. The van der Waals surface area contributed by atoms with Gasteiger partial charge >= 0.3 is 0 Å². The summed E-state index contributed by atoms with van der Waals surface area (Å²) in [7, 11) is 0. The van der Waals surface area contributed by atoms with Crippen molar-refractivity contribution in [3.05, 3.63) is 53.7 Å². The van der Waals surface area contributed by atoms with Crippen LogP contribution in [-0.4, -0.2) is 25.3 Å². The summed E-state index contributed by atoms with van der Waals surface area (Å²) in [6.07, 6.45) is 19.1. The van der Waals surface area contributed by atoms with E-state index < -0.39 is 0 Å². The molecule has 0 saturated heterocycles. The predicted molar refractivity (Wildman–Crippen MR) is 163 cm³/mol. The van der Waals surface area contributed by atoms with Crippen molar-refractivity contribution in [2.75, 3.05) is 5.73 Å². The summed E-state index contributed by atoms with van der Waals surface area (Å²) in [6.45, 7) is 15.3. The van der Waals surface area contributed by atoms with Crippen molar-refractivity contribution >= 4 is 34.2 Å². The Hall–Kier alpha value is -2.34. The molecule has 3 heterocycles. The van der Waals surface area contributed by atoms with Crippen LogP contribution >= 0.6 is 11.8 Å². The quantitative estimate of drug-likeness (QED) is 0.352. The number of rotatable bonds is 8. The van der Waals surface area contributed by atoms with E-state index in [9.17, 15) is 0 Å². The lowest BCUT2D eigenvalue weighted by Crippen LogP contribution is -2.15. The summed E-state index contributed by atoms with van der Waals surface area (Å²) < 4.78 is 2.23. The number of fused-ring (bicyclic) bond motifs is 2. The second kappa shape index (κ2) is 13.5. The van der Waals surface area contributed by atoms with Gasteiger partial charge in [0.05, 0.1) is 21.9 Å². The van der Waals surface area contributed by atoms with Gasteiger partial charge in [0.2, 0.25) is 0 Å². The highest BCUT2D eigenvalue weighted by molar-refractivity contribution is 8.13. The molecule has 202 valence electrons. The minimum absolute atomic E-state index is 0.410. The molecule has 3 aliphatic rings. The largest absolute Gasteiger partial charge is 0.383 e. The van der Waals surface area contributed by atoms with Crippen molar-refractivity contribution in [3.8, 4) is 0 Å². The Balaban J connectivity index is 0.000000369. The molecule has 2 N–H and O–H groups in total. The summed E-state index contributed by atoms with van der Waals surface area (Å²) in [5, 5.41) is 1.51. The number of nitrogens with zero attached hydrogens (tertiary/aromatic N) is 4. The van der Waals surface area contributed by atoms with E-state index >= 15 is 0 Å². The fraction of sp³-hybridized carbons (Fsp3) is 0.581. The van der Waals surface area contributed by atoms with Gasteiger partial charge in [0, 0.05) is 12.2 Å². The van der Waals surface area contributed by atoms with Crippen molar-refractivity contribution in [2.24, 2.45) is 16.3 Å². The van der Waals surface area contributed by atoms with E-state index in [4.69, 9.17) is 5.73 Å². The molecule has 0 aromatic carbocycles. The molecule has 0 spiro atoms. The molecule has 0 radical (unpaired) electrons. The number of nitrogen functional groups attached to an aromatic ring is 1. The summed E-state index contributed by atoms with van der Waals surface area (Å²) in [5.41, 5.74) is 13.9. The van der Waals surface area contributed by atoms with Gasteiger partial charge in [-0.25, -0.2) is 9.97 Å². The smallest absolute Gasteiger partial charge is 0.145 e. The van der Waals surface area contributed by atoms with Crippen LogP contribution in [-0.2, 0) is 0 Å². The first-order valence-electron chi connectivity index (χ1n) is 14.1. The third-order valence-corrected chi connectivity index (χ3v) is 8.99. The molecule has 6 heteroatoms. The lowest BCUT2D eigenvalue weighted by molar-refractivity contribution is 0.338. The highest BCUT2D eigenvalue weighted by Crippen LogP contribution is 2.40. The summed E-state index contributed by atoms with van der Waals surface area (Å²) in [4.78, 5) is 12.9. The van der Waals surface area contributed by atoms with E-state index in [1.807, 2.05) is 37.2 Å². The number of aromatic nitrogens is 3. The van der Waals surface area contributed by atoms with Gasteiger partial charge < -0.3 is 10.3 Å². The van der Waals surface area contributed by atoms with Crippen molar-refractivity contribution in [2.45, 2.75) is 105 Å². The van der Waals surface area contributed by atoms with Gasteiger partial charge in [0.1, 0.15) is 17.8 Å². The Labute approximate surface area is 228 Å². The first-order valence-corrected chi connectivity index (χ1v) is 15.1. The first kappa shape index (κ1) is 29.2. The molecule has 37 heavy (non-hydrogen) atoms. The third kappa shape index (κ3) is 7.59. The molecule has 0 saturated carbocycles. The normalized spacial score (nSPS) is 20.9. The molecule has 0 bridgehead atoms. The van der Waals surface area contributed by atoms with Gasteiger partial charge in [0.15, 0.2) is 0 Å². The van der Waals surface area contributed by atoms with Crippen molar-refractivity contribution in [1.82, 2.24) is 14.5 Å². The molecule has 1 aliphatic heterocycles. The standard InChI is InChI=1S/C22H25N5S.C7H16.C2H6/c1-14(27-7-6-18-21(23)24-12-25-22(18)27)2-3-15-8-17(9-15)10-16-4-5-19-20(11-16)28-13-26-19;1-5-7(3,4)6-2;1-2/h4-8,12-15,20H,2-3,9-11H2,1H3,(H2,23,24,25);5-6H2,1-4H3;1-2H3. The molecule has 2 aliphatic carbocycles. The number of hydrogen-bond acceptors (Lipinski definition) is 5. The van der Waals surface area contributed by atoms with E-state index in [-0.39, 0.29) is 0 Å². The van der Waals surface area contributed by atoms with Gasteiger partial charge in [0.25, 0.3) is 0 Å². The van der Waals surface area contributed by atoms with E-state index in [0.717, 1.165) is 36.2 Å². The Morgan fingerprint density at radius 1 is 1.11 bits per heavy atom. The Bertz CT molecular complexity index is 1150. The summed E-state index contributed by atoms with van der Waals surface area (Å²) >= 11 is 1.86. The molecule has 2 aromatic heterocycles. The Morgan fingerprint density at radius 2 is 1.84 bits per heavy atom. The minimum atomic E-state index is 0.410. The van der Waals surface area contributed by atoms with Crippen LogP contribution in [0.5, 0.6) is 0 Å². The van der Waals surface area contributed by atoms with Gasteiger partial charge in [-0.1, -0.05) is 77.7 Å². The van der Waals surface area contributed by atoms with Crippen LogP contribution in [0, 0.1) is 11.3 Å². The maximum Gasteiger partial charge on any atom is 0.145 e. The van der Waals surface area contributed by atoms with Crippen molar-refractivity contribution < 1.29 is 0 Å². The average molecular weight is 522 g/mol. The van der Waals surface area contributed by atoms with Gasteiger partial charge in [-0.2, -0.15) is 0 Å². The van der Waals surface area contributed by atoms with Crippen LogP contribution in [0.15, 0.2) is 58.7 Å². The van der Waals surface area contributed by atoms with Gasteiger partial charge in [-0.15, -0.1) is 11.8 Å². The number of hydrogen-bond donors (Lipinski definition) is 1. The number of aliphatic imine (C=N–C) groups is 1. The fourth-order valence-corrected chi connectivity index (χ4v) is 5.62. The fourth-order valence-electron chi connectivity index (χ4n) is 4.70. The van der Waals surface area contributed by atoms with E-state index in [2.05, 4.69) is 78.6 Å². The third-order valence-electron chi connectivity index (χ3n) is 8.03. The zero-order valence-corrected chi connectivity index (χ0v) is 24.8. The molecule has 3 atom stereocenters. The van der Waals surface area contributed by atoms with Crippen molar-refractivity contribution in [1.29, 1.82) is 0 Å². The highest BCUT2D eigenvalue weighted by Gasteiger charge is 2.26. The lowest BCUT2D eigenvalue weighted by Gasteiger charge is -2.28. The Morgan fingerprint density at radius 3 is 2.51 bits per heavy atom. The van der Waals surface area contributed by atoms with Crippen LogP contribution in [0.4, 0.5) is 5.82 Å². The maximum atomic E-state index is 5.95. The van der Waals surface area contributed by atoms with E-state index in [1.54, 1.807) is 17.5 Å². The number of nitrogens with two attached hydrogens (primary N) is 1. The zero-order chi connectivity index (χ0) is 27.0. The second-order valence-electron chi connectivity index (χ2n) is 11.0. The molecular formula is C31H47N5S. The van der Waals surface area contributed by atoms with E-state index in [0.29, 0.717) is 22.5 Å². The Kier molecular flexibility index (Phi) is 10.6. The summed E-state index contributed by atoms with van der Waals surface area (Å²) in [6, 6.07) is 2.43. The van der Waals surface area contributed by atoms with Crippen LogP contribution in [0.3, 0.4) is 0 Å². The van der Waals surface area contributed by atoms with Gasteiger partial charge in [-0.05, 0) is 62.5 Å². The molecule has 5 nitrogen and oxygen atoms in total. The second-order valence-corrected chi connectivity index (χ2v) is 12.0. The zero-order valence-electron chi connectivity index (χ0n) is 24.0. The number of thioether (sulfide) groups is 1. The molecule has 0 fully saturated rings. The SMILES string of the molecule is CC.CC(CCC1C=C(CC2=CC=C3N=CSC3C2)C1)n1ccc2c(N)ncnc21.CCC(C)(C)CC. The first-order chi connectivity index (χ1) is 17.8. The van der Waals surface area contributed by atoms with E-state index in [1.165, 1.54) is 31.4 Å². The average Bonchev–Trinajstić information content (AvgIpc) is 3.54. The highest BCUT2D eigenvalue weighted by atomic mass is 32.2. The molecular weight excluding hydrogens is 474 g/mol. The summed E-state index contributed by atoms with van der Waals surface area (Å²) in [5.74, 6) is 1.28. The van der Waals surface area contributed by atoms with Crippen LogP contribution in [0.25, 0.3) is 11.0 Å². The van der Waals surface area contributed by atoms with Gasteiger partial charge in [-0.3, -0.25) is 4.99 Å². The topological polar surface area (TPSA) is 69.1 Å². The number of allylic oxidation sites excluding steroid dienone is 5. The van der Waals surface area contributed by atoms with Crippen molar-refractivity contribution in [3.63, 3.8) is 0 Å². The lowest BCUT2D eigenvalue weighted by atomic mass is 9.79. The predicted octanol–water partition coefficient (Wildman–Crippen LogP) is 8.91. The molecule has 5 rings (SSSR count). The minimum Gasteiger partial charge on any atom is -0.383 e. The maximum absolute atomic E-state index is 5.95. The monoisotopic (exact) mass is 521 g/mol. The van der Waals surface area contributed by atoms with Crippen LogP contribution < -0.4 is 5.73 Å². The van der Waals surface area contributed by atoms with Crippen LogP contribution in [0.1, 0.15) is 99.5 Å². The molecule has 0 amide bonds. The van der Waals surface area contributed by atoms with Crippen LogP contribution in [0.2, 0.25) is 0 Å². The number of anilines is 1.